The molecule has 0 aliphatic rings. The van der Waals surface area contributed by atoms with E-state index in [0.717, 1.165) is 16.6 Å². The number of ether oxygens (including phenoxy) is 1. The van der Waals surface area contributed by atoms with Crippen LogP contribution in [0.5, 0.6) is 5.75 Å². The van der Waals surface area contributed by atoms with Crippen LogP contribution in [-0.2, 0) is 14.8 Å². The summed E-state index contributed by atoms with van der Waals surface area (Å²) in [6.07, 6.45) is 2.71. The molecule has 0 saturated heterocycles. The molecule has 9 nitrogen and oxygen atoms in total. The van der Waals surface area contributed by atoms with E-state index in [9.17, 15) is 23.3 Å². The Morgan fingerprint density at radius 1 is 1.30 bits per heavy atom. The number of hydrogen-bond acceptors (Lipinski definition) is 6. The maximum atomic E-state index is 12.9. The highest BCUT2D eigenvalue weighted by Crippen LogP contribution is 2.27. The van der Waals surface area contributed by atoms with E-state index in [-0.39, 0.29) is 17.8 Å². The standard InChI is InChI=1S/C20H23N3O6S/c1-4-13-29-18-11-9-15(10-12-18)21-20(24)19(5-2)22(30(3,27)28)16-7-6-8-17(14-16)23(25)26/h4,6-12,14,19H,1,5,13H2,2-3H3,(H,21,24)/t19-/m1/s1. The number of benzene rings is 2. The highest BCUT2D eigenvalue weighted by Gasteiger charge is 2.32. The van der Waals surface area contributed by atoms with Crippen LogP contribution in [0, 0.1) is 10.1 Å². The SMILES string of the molecule is C=CCOc1ccc(NC(=O)[C@@H](CC)N(c2cccc([N+](=O)[O-])c2)S(C)(=O)=O)cc1. The van der Waals surface area contributed by atoms with Gasteiger partial charge in [0.05, 0.1) is 16.9 Å². The number of hydrogen-bond donors (Lipinski definition) is 1. The van der Waals surface area contributed by atoms with E-state index in [2.05, 4.69) is 11.9 Å². The van der Waals surface area contributed by atoms with Crippen LogP contribution >= 0.6 is 0 Å². The molecule has 2 aromatic rings. The topological polar surface area (TPSA) is 119 Å². The van der Waals surface area contributed by atoms with E-state index in [1.807, 2.05) is 0 Å². The molecule has 0 heterocycles. The molecule has 30 heavy (non-hydrogen) atoms. The van der Waals surface area contributed by atoms with Crippen molar-refractivity contribution >= 4 is 33.0 Å². The number of non-ortho nitro benzene ring substituents is 1. The number of anilines is 2. The van der Waals surface area contributed by atoms with Gasteiger partial charge in [0.1, 0.15) is 18.4 Å². The molecule has 0 radical (unpaired) electrons. The zero-order chi connectivity index (χ0) is 22.3. The molecule has 2 rings (SSSR count). The number of nitrogens with zero attached hydrogens (tertiary/aromatic N) is 2. The fraction of sp³-hybridized carbons (Fsp3) is 0.250. The lowest BCUT2D eigenvalue weighted by atomic mass is 10.1. The summed E-state index contributed by atoms with van der Waals surface area (Å²) < 4.78 is 31.2. The number of rotatable bonds is 10. The number of nitro groups is 1. The van der Waals surface area contributed by atoms with Gasteiger partial charge >= 0.3 is 0 Å². The van der Waals surface area contributed by atoms with Gasteiger partial charge in [0.15, 0.2) is 0 Å². The van der Waals surface area contributed by atoms with Gasteiger partial charge in [-0.05, 0) is 36.8 Å². The Labute approximate surface area is 175 Å². The average molecular weight is 433 g/mol. The van der Waals surface area contributed by atoms with E-state index in [1.54, 1.807) is 37.3 Å². The summed E-state index contributed by atoms with van der Waals surface area (Å²) in [5.41, 5.74) is 0.227. The van der Waals surface area contributed by atoms with Crippen LogP contribution in [0.15, 0.2) is 61.2 Å². The van der Waals surface area contributed by atoms with Gasteiger partial charge in [0.25, 0.3) is 5.69 Å². The number of sulfonamides is 1. The van der Waals surface area contributed by atoms with E-state index in [1.165, 1.54) is 18.2 Å². The summed E-state index contributed by atoms with van der Waals surface area (Å²) in [5.74, 6) is 0.0310. The maximum Gasteiger partial charge on any atom is 0.271 e. The normalized spacial score (nSPS) is 11.9. The molecule has 0 saturated carbocycles. The van der Waals surface area contributed by atoms with Crippen molar-refractivity contribution in [2.45, 2.75) is 19.4 Å². The van der Waals surface area contributed by atoms with E-state index in [0.29, 0.717) is 18.0 Å². The molecule has 1 amide bonds. The second kappa shape index (κ2) is 9.88. The van der Waals surface area contributed by atoms with E-state index >= 15 is 0 Å². The van der Waals surface area contributed by atoms with Crippen LogP contribution in [0.1, 0.15) is 13.3 Å². The van der Waals surface area contributed by atoms with Gasteiger partial charge < -0.3 is 10.1 Å². The van der Waals surface area contributed by atoms with Crippen LogP contribution in [0.4, 0.5) is 17.1 Å². The highest BCUT2D eigenvalue weighted by atomic mass is 32.2. The lowest BCUT2D eigenvalue weighted by Gasteiger charge is -2.30. The van der Waals surface area contributed by atoms with Gasteiger partial charge in [-0.25, -0.2) is 8.42 Å². The summed E-state index contributed by atoms with van der Waals surface area (Å²) in [6, 6.07) is 10.6. The molecular weight excluding hydrogens is 410 g/mol. The molecule has 0 bridgehead atoms. The molecule has 160 valence electrons. The summed E-state index contributed by atoms with van der Waals surface area (Å²) >= 11 is 0. The van der Waals surface area contributed by atoms with Crippen molar-refractivity contribution in [3.05, 3.63) is 71.3 Å². The molecule has 10 heteroatoms. The first-order chi connectivity index (χ1) is 14.2. The minimum absolute atomic E-state index is 0.0434. The lowest BCUT2D eigenvalue weighted by molar-refractivity contribution is -0.384. The Hall–Kier alpha value is -3.40. The van der Waals surface area contributed by atoms with Gasteiger partial charge in [0.2, 0.25) is 15.9 Å². The molecule has 1 atom stereocenters. The Morgan fingerprint density at radius 3 is 2.50 bits per heavy atom. The molecule has 1 N–H and O–H groups in total. The molecular formula is C20H23N3O6S. The van der Waals surface area contributed by atoms with Crippen LogP contribution in [0.3, 0.4) is 0 Å². The summed E-state index contributed by atoms with van der Waals surface area (Å²) in [6.45, 7) is 5.57. The van der Waals surface area contributed by atoms with Crippen molar-refractivity contribution in [2.75, 3.05) is 22.5 Å². The maximum absolute atomic E-state index is 12.9. The van der Waals surface area contributed by atoms with Gasteiger partial charge in [-0.15, -0.1) is 0 Å². The largest absolute Gasteiger partial charge is 0.490 e. The number of amides is 1. The van der Waals surface area contributed by atoms with Crippen molar-refractivity contribution in [3.8, 4) is 5.75 Å². The first kappa shape index (κ1) is 22.9. The summed E-state index contributed by atoms with van der Waals surface area (Å²) in [7, 11) is -3.91. The third-order valence-electron chi connectivity index (χ3n) is 4.11. The molecule has 0 fully saturated rings. The Bertz CT molecular complexity index is 1020. The summed E-state index contributed by atoms with van der Waals surface area (Å²) in [5, 5.41) is 13.8. The van der Waals surface area contributed by atoms with Gasteiger partial charge in [-0.2, -0.15) is 0 Å². The third-order valence-corrected chi connectivity index (χ3v) is 5.29. The lowest BCUT2D eigenvalue weighted by Crippen LogP contribution is -2.47. The minimum Gasteiger partial charge on any atom is -0.490 e. The smallest absolute Gasteiger partial charge is 0.271 e. The first-order valence-electron chi connectivity index (χ1n) is 9.05. The number of carbonyl (C=O) groups is 1. The van der Waals surface area contributed by atoms with E-state index < -0.39 is 26.9 Å². The van der Waals surface area contributed by atoms with Crippen LogP contribution in [0.25, 0.3) is 0 Å². The minimum atomic E-state index is -3.91. The zero-order valence-electron chi connectivity index (χ0n) is 16.6. The fourth-order valence-corrected chi connectivity index (χ4v) is 4.02. The van der Waals surface area contributed by atoms with Crippen molar-refractivity contribution in [1.82, 2.24) is 0 Å². The Balaban J connectivity index is 2.31. The van der Waals surface area contributed by atoms with Crippen molar-refractivity contribution < 1.29 is 22.9 Å². The van der Waals surface area contributed by atoms with Crippen LogP contribution in [0.2, 0.25) is 0 Å². The van der Waals surface area contributed by atoms with Crippen molar-refractivity contribution in [3.63, 3.8) is 0 Å². The Kier molecular flexibility index (Phi) is 7.54. The van der Waals surface area contributed by atoms with Gasteiger partial charge in [-0.1, -0.05) is 25.6 Å². The number of nitrogens with one attached hydrogen (secondary N) is 1. The monoisotopic (exact) mass is 433 g/mol. The molecule has 0 aliphatic heterocycles. The third kappa shape index (κ3) is 5.80. The molecule has 0 spiro atoms. The van der Waals surface area contributed by atoms with Gasteiger partial charge in [-0.3, -0.25) is 19.2 Å². The second-order valence-electron chi connectivity index (χ2n) is 6.37. The number of carbonyl (C=O) groups excluding carboxylic acids is 1. The predicted molar refractivity (Wildman–Crippen MR) is 115 cm³/mol. The van der Waals surface area contributed by atoms with Crippen molar-refractivity contribution in [1.29, 1.82) is 0 Å². The second-order valence-corrected chi connectivity index (χ2v) is 8.23. The molecule has 2 aromatic carbocycles. The predicted octanol–water partition coefficient (Wildman–Crippen LogP) is 3.34. The molecule has 0 aliphatic carbocycles. The summed E-state index contributed by atoms with van der Waals surface area (Å²) in [4.78, 5) is 23.3. The highest BCUT2D eigenvalue weighted by molar-refractivity contribution is 7.92. The quantitative estimate of drug-likeness (QED) is 0.349. The Morgan fingerprint density at radius 2 is 1.97 bits per heavy atom. The zero-order valence-corrected chi connectivity index (χ0v) is 17.5. The van der Waals surface area contributed by atoms with Crippen molar-refractivity contribution in [2.24, 2.45) is 0 Å². The van der Waals surface area contributed by atoms with Gasteiger partial charge in [0, 0.05) is 17.8 Å². The molecule has 0 unspecified atom stereocenters. The van der Waals surface area contributed by atoms with Crippen LogP contribution < -0.4 is 14.4 Å². The number of nitro benzene ring substituents is 1. The average Bonchev–Trinajstić information content (AvgIpc) is 2.70. The van der Waals surface area contributed by atoms with E-state index in [4.69, 9.17) is 4.74 Å². The fourth-order valence-electron chi connectivity index (χ4n) is 2.82. The first-order valence-corrected chi connectivity index (χ1v) is 10.9. The van der Waals surface area contributed by atoms with Crippen LogP contribution in [-0.4, -0.2) is 38.2 Å². The molecule has 0 aromatic heterocycles.